The predicted octanol–water partition coefficient (Wildman–Crippen LogP) is 5.36. The summed E-state index contributed by atoms with van der Waals surface area (Å²) in [6.07, 6.45) is -3.52. The topological polar surface area (TPSA) is 129 Å². The van der Waals surface area contributed by atoms with Crippen LogP contribution >= 0.6 is 0 Å². The van der Waals surface area contributed by atoms with Crippen LogP contribution in [-0.2, 0) is 19.8 Å². The van der Waals surface area contributed by atoms with Crippen LogP contribution in [-0.4, -0.2) is 45.3 Å². The first-order valence-corrected chi connectivity index (χ1v) is 14.3. The van der Waals surface area contributed by atoms with Crippen LogP contribution in [0, 0.1) is 18.6 Å². The van der Waals surface area contributed by atoms with Crippen LogP contribution in [0.1, 0.15) is 43.9 Å². The highest BCUT2D eigenvalue weighted by molar-refractivity contribution is 5.96. The third kappa shape index (κ3) is 6.92. The lowest BCUT2D eigenvalue weighted by molar-refractivity contribution is -0.137. The molecule has 1 aliphatic heterocycles. The first-order chi connectivity index (χ1) is 21.4. The van der Waals surface area contributed by atoms with Gasteiger partial charge in [-0.05, 0) is 50.6 Å². The Kier molecular flexibility index (Phi) is 10.1. The number of halogens is 5. The second kappa shape index (κ2) is 13.6. The SMILES string of the molecule is CC.Cc1c(F)c(N)cc(-c2nc3c4c(nc(OCc5cccn(C)c5=O)nc4c2F)NCCNCCC(C)O3)c1C(F)(F)F. The van der Waals surface area contributed by atoms with E-state index in [1.807, 2.05) is 13.8 Å². The van der Waals surface area contributed by atoms with Gasteiger partial charge >= 0.3 is 12.2 Å². The number of nitrogens with zero attached hydrogens (tertiary/aromatic N) is 4. The van der Waals surface area contributed by atoms with Gasteiger partial charge in [-0.2, -0.15) is 23.1 Å². The molecule has 0 fully saturated rings. The molecule has 4 N–H and O–H groups in total. The van der Waals surface area contributed by atoms with E-state index in [4.69, 9.17) is 15.2 Å². The zero-order valence-corrected chi connectivity index (χ0v) is 25.4. The maximum absolute atomic E-state index is 16.4. The van der Waals surface area contributed by atoms with Crippen LogP contribution in [0.4, 0.5) is 33.5 Å². The summed E-state index contributed by atoms with van der Waals surface area (Å²) in [5, 5.41) is 6.23. The van der Waals surface area contributed by atoms with Crippen molar-refractivity contribution in [2.75, 3.05) is 30.7 Å². The molecule has 4 heterocycles. The Bertz CT molecular complexity index is 1760. The summed E-state index contributed by atoms with van der Waals surface area (Å²) in [4.78, 5) is 25.2. The number of pyridine rings is 2. The van der Waals surface area contributed by atoms with E-state index in [1.54, 1.807) is 32.3 Å². The molecule has 1 aromatic carbocycles. The summed E-state index contributed by atoms with van der Waals surface area (Å²) in [7, 11) is 1.56. The van der Waals surface area contributed by atoms with Crippen molar-refractivity contribution in [1.82, 2.24) is 24.8 Å². The van der Waals surface area contributed by atoms with E-state index in [-0.39, 0.29) is 40.8 Å². The lowest BCUT2D eigenvalue weighted by Crippen LogP contribution is -2.26. The summed E-state index contributed by atoms with van der Waals surface area (Å²) in [5.74, 6) is -2.72. The van der Waals surface area contributed by atoms with E-state index >= 15 is 4.39 Å². The van der Waals surface area contributed by atoms with Crippen molar-refractivity contribution in [2.24, 2.45) is 7.05 Å². The van der Waals surface area contributed by atoms with Crippen LogP contribution in [0.2, 0.25) is 0 Å². The second-order valence-electron chi connectivity index (χ2n) is 10.1. The number of nitrogens with two attached hydrogens (primary N) is 1. The molecule has 5 rings (SSSR count). The van der Waals surface area contributed by atoms with Gasteiger partial charge in [0.15, 0.2) is 5.82 Å². The highest BCUT2D eigenvalue weighted by Gasteiger charge is 2.39. The number of benzene rings is 1. The molecule has 10 nitrogen and oxygen atoms in total. The summed E-state index contributed by atoms with van der Waals surface area (Å²) in [5.41, 5.74) is 0.722. The molecule has 0 saturated heterocycles. The highest BCUT2D eigenvalue weighted by Crippen LogP contribution is 2.44. The lowest BCUT2D eigenvalue weighted by atomic mass is 9.96. The minimum atomic E-state index is -5.08. The second-order valence-corrected chi connectivity index (χ2v) is 10.1. The van der Waals surface area contributed by atoms with Gasteiger partial charge in [0.1, 0.15) is 34.8 Å². The molecule has 0 aliphatic carbocycles. The van der Waals surface area contributed by atoms with Gasteiger partial charge in [-0.15, -0.1) is 0 Å². The Morgan fingerprint density at radius 1 is 1.13 bits per heavy atom. The summed E-state index contributed by atoms with van der Waals surface area (Å²) in [6.45, 7) is 7.74. The first-order valence-electron chi connectivity index (χ1n) is 14.3. The normalized spacial score (nSPS) is 15.3. The van der Waals surface area contributed by atoms with Crippen LogP contribution in [0.3, 0.4) is 0 Å². The molecule has 1 aliphatic rings. The van der Waals surface area contributed by atoms with Crippen molar-refractivity contribution in [2.45, 2.75) is 53.0 Å². The zero-order chi connectivity index (χ0) is 33.1. The standard InChI is InChI=1S/C28H28F5N7O3.C2H6/c1-13-6-7-35-8-9-36-24-18-23(38-27(39-24)42-12-15-5-4-10-40(3)26(15)41)21(30)22(37-25(18)43-13)16-11-17(34)20(29)14(2)19(16)28(31,32)33;1-2/h4-5,10-11,13,35H,6-9,12,34H2,1-3H3,(H,36,38,39);1-2H3. The van der Waals surface area contributed by atoms with Crippen molar-refractivity contribution in [3.05, 3.63) is 63.1 Å². The van der Waals surface area contributed by atoms with Crippen molar-refractivity contribution >= 4 is 22.4 Å². The molecule has 3 aromatic heterocycles. The van der Waals surface area contributed by atoms with Gasteiger partial charge in [-0.25, -0.2) is 13.8 Å². The number of aryl methyl sites for hydroxylation is 1. The molecule has 0 radical (unpaired) electrons. The Balaban J connectivity index is 0.00000226. The summed E-state index contributed by atoms with van der Waals surface area (Å²) >= 11 is 0. The largest absolute Gasteiger partial charge is 0.474 e. The van der Waals surface area contributed by atoms with Gasteiger partial charge in [-0.1, -0.05) is 13.8 Å². The highest BCUT2D eigenvalue weighted by atomic mass is 19.4. The Morgan fingerprint density at radius 3 is 2.58 bits per heavy atom. The fraction of sp³-hybridized carbons (Fsp3) is 0.400. The quantitative estimate of drug-likeness (QED) is 0.201. The molecule has 242 valence electrons. The van der Waals surface area contributed by atoms with E-state index in [2.05, 4.69) is 25.6 Å². The predicted molar refractivity (Wildman–Crippen MR) is 160 cm³/mol. The molecule has 0 saturated carbocycles. The molecule has 0 spiro atoms. The molecular formula is C30H34F5N7O3. The number of hydrogen-bond acceptors (Lipinski definition) is 9. The van der Waals surface area contributed by atoms with Gasteiger partial charge in [0.05, 0.1) is 22.9 Å². The number of nitrogen functional groups attached to an aromatic ring is 1. The number of rotatable bonds is 4. The maximum Gasteiger partial charge on any atom is 0.417 e. The fourth-order valence-electron chi connectivity index (χ4n) is 4.80. The minimum absolute atomic E-state index is 0.0293. The third-order valence-electron chi connectivity index (χ3n) is 6.99. The Labute approximate surface area is 255 Å². The monoisotopic (exact) mass is 635 g/mol. The number of anilines is 2. The van der Waals surface area contributed by atoms with E-state index in [0.29, 0.717) is 32.1 Å². The first kappa shape index (κ1) is 33.4. The van der Waals surface area contributed by atoms with Crippen LogP contribution in [0.15, 0.2) is 29.2 Å². The molecule has 0 bridgehead atoms. The van der Waals surface area contributed by atoms with Gasteiger partial charge < -0.3 is 30.4 Å². The van der Waals surface area contributed by atoms with Crippen molar-refractivity contribution in [3.63, 3.8) is 0 Å². The van der Waals surface area contributed by atoms with Gasteiger partial charge in [0.2, 0.25) is 5.88 Å². The molecule has 15 heteroatoms. The number of ether oxygens (including phenoxy) is 2. The molecular weight excluding hydrogens is 601 g/mol. The van der Waals surface area contributed by atoms with E-state index in [0.717, 1.165) is 6.92 Å². The van der Waals surface area contributed by atoms with Crippen LogP contribution in [0.5, 0.6) is 11.9 Å². The maximum atomic E-state index is 16.4. The van der Waals surface area contributed by atoms with E-state index in [9.17, 15) is 22.4 Å². The summed E-state index contributed by atoms with van der Waals surface area (Å²) < 4.78 is 86.7. The number of hydrogen-bond donors (Lipinski definition) is 3. The molecule has 4 aromatic rings. The van der Waals surface area contributed by atoms with Gasteiger partial charge in [0.25, 0.3) is 5.56 Å². The van der Waals surface area contributed by atoms with Crippen LogP contribution < -0.4 is 31.4 Å². The third-order valence-corrected chi connectivity index (χ3v) is 6.99. The van der Waals surface area contributed by atoms with Gasteiger partial charge in [0, 0.05) is 31.9 Å². The van der Waals surface area contributed by atoms with E-state index in [1.165, 1.54) is 4.57 Å². The van der Waals surface area contributed by atoms with Gasteiger partial charge in [-0.3, -0.25) is 4.79 Å². The summed E-state index contributed by atoms with van der Waals surface area (Å²) in [6, 6.07) is 3.51. The van der Waals surface area contributed by atoms with Crippen molar-refractivity contribution < 1.29 is 31.4 Å². The Morgan fingerprint density at radius 2 is 1.87 bits per heavy atom. The zero-order valence-electron chi connectivity index (χ0n) is 25.4. The average Bonchev–Trinajstić information content (AvgIpc) is 3.02. The molecule has 45 heavy (non-hydrogen) atoms. The smallest absolute Gasteiger partial charge is 0.417 e. The van der Waals surface area contributed by atoms with E-state index < -0.39 is 57.5 Å². The number of nitrogens with one attached hydrogen (secondary N) is 2. The lowest BCUT2D eigenvalue weighted by Gasteiger charge is -2.21. The fourth-order valence-corrected chi connectivity index (χ4v) is 4.80. The minimum Gasteiger partial charge on any atom is -0.474 e. The van der Waals surface area contributed by atoms with Crippen LogP contribution in [0.25, 0.3) is 22.2 Å². The van der Waals surface area contributed by atoms with Crippen molar-refractivity contribution in [1.29, 1.82) is 0 Å². The molecule has 1 unspecified atom stereocenters. The molecule has 1 atom stereocenters. The average molecular weight is 636 g/mol. The van der Waals surface area contributed by atoms with Crippen molar-refractivity contribution in [3.8, 4) is 23.1 Å². The number of aromatic nitrogens is 4. The number of alkyl halides is 3. The Hall–Kier alpha value is -4.53. The molecule has 0 amide bonds.